The summed E-state index contributed by atoms with van der Waals surface area (Å²) in [5.41, 5.74) is 0. The maximum Gasteiger partial charge on any atom is 0.161 e. The predicted molar refractivity (Wildman–Crippen MR) is 70.7 cm³/mol. The van der Waals surface area contributed by atoms with Crippen LogP contribution in [0.15, 0.2) is 0 Å². The van der Waals surface area contributed by atoms with E-state index in [2.05, 4.69) is 0 Å². The molecule has 22 heavy (non-hydrogen) atoms. The standard InChI is InChI=1S/C13H24O9/c1-5-10(17)12(19)13(8(4-15)20-5)22-9-2-6(16)11(18)7(3-14)21-9/h5-19H,2-4H2,1H3/t5?,6-,7?,8?,9+,10?,11?,12?,13?/m1/s1. The summed E-state index contributed by atoms with van der Waals surface area (Å²) in [7, 11) is 0. The molecular formula is C13H24O9. The minimum Gasteiger partial charge on any atom is -0.394 e. The van der Waals surface area contributed by atoms with Crippen molar-refractivity contribution >= 4 is 0 Å². The monoisotopic (exact) mass is 324 g/mol. The molecule has 0 saturated carbocycles. The lowest BCUT2D eigenvalue weighted by molar-refractivity contribution is -0.314. The normalized spacial score (nSPS) is 50.0. The van der Waals surface area contributed by atoms with Crippen molar-refractivity contribution in [3.8, 4) is 0 Å². The predicted octanol–water partition coefficient (Wildman–Crippen LogP) is -3.30. The van der Waals surface area contributed by atoms with Gasteiger partial charge in [0.15, 0.2) is 6.29 Å². The number of rotatable bonds is 4. The molecule has 6 N–H and O–H groups in total. The summed E-state index contributed by atoms with van der Waals surface area (Å²) in [5, 5.41) is 57.8. The SMILES string of the molecule is CC1OC(CO)C(O[C@H]2C[C@@H](O)C(O)C(CO)O2)C(O)C1O. The highest BCUT2D eigenvalue weighted by molar-refractivity contribution is 4.92. The van der Waals surface area contributed by atoms with Crippen molar-refractivity contribution in [1.82, 2.24) is 0 Å². The average molecular weight is 324 g/mol. The molecule has 0 aliphatic carbocycles. The van der Waals surface area contributed by atoms with Crippen LogP contribution in [0.4, 0.5) is 0 Å². The molecule has 0 spiro atoms. The maximum absolute atomic E-state index is 10.1. The second kappa shape index (κ2) is 7.47. The Hall–Kier alpha value is -0.360. The van der Waals surface area contributed by atoms with Crippen LogP contribution in [0.25, 0.3) is 0 Å². The zero-order valence-corrected chi connectivity index (χ0v) is 12.2. The van der Waals surface area contributed by atoms with Crippen molar-refractivity contribution in [2.75, 3.05) is 13.2 Å². The highest BCUT2D eigenvalue weighted by atomic mass is 16.7. The van der Waals surface area contributed by atoms with Crippen LogP contribution in [0.3, 0.4) is 0 Å². The molecule has 9 atom stereocenters. The van der Waals surface area contributed by atoms with E-state index in [1.54, 1.807) is 6.92 Å². The molecule has 0 aromatic carbocycles. The maximum atomic E-state index is 10.1. The molecule has 0 amide bonds. The number of hydrogen-bond donors (Lipinski definition) is 6. The fourth-order valence-electron chi connectivity index (χ4n) is 2.77. The van der Waals surface area contributed by atoms with Crippen LogP contribution in [0.2, 0.25) is 0 Å². The van der Waals surface area contributed by atoms with Crippen molar-refractivity contribution in [2.24, 2.45) is 0 Å². The van der Waals surface area contributed by atoms with Crippen molar-refractivity contribution in [2.45, 2.75) is 68.5 Å². The molecule has 2 fully saturated rings. The number of aliphatic hydroxyl groups excluding tert-OH is 6. The Bertz CT molecular complexity index is 352. The van der Waals surface area contributed by atoms with E-state index in [-0.39, 0.29) is 6.42 Å². The van der Waals surface area contributed by atoms with E-state index in [0.717, 1.165) is 0 Å². The van der Waals surface area contributed by atoms with E-state index in [0.29, 0.717) is 0 Å². The van der Waals surface area contributed by atoms with Crippen LogP contribution < -0.4 is 0 Å². The van der Waals surface area contributed by atoms with Crippen LogP contribution in [0.5, 0.6) is 0 Å². The molecule has 130 valence electrons. The Balaban J connectivity index is 2.04. The minimum atomic E-state index is -1.30. The number of ether oxygens (including phenoxy) is 3. The molecule has 0 aromatic rings. The molecule has 2 heterocycles. The van der Waals surface area contributed by atoms with Crippen LogP contribution >= 0.6 is 0 Å². The summed E-state index contributed by atoms with van der Waals surface area (Å²) in [5.74, 6) is 0. The quantitative estimate of drug-likeness (QED) is 0.313. The van der Waals surface area contributed by atoms with Crippen LogP contribution in [0.1, 0.15) is 13.3 Å². The molecular weight excluding hydrogens is 300 g/mol. The summed E-state index contributed by atoms with van der Waals surface area (Å²) in [6, 6.07) is 0. The van der Waals surface area contributed by atoms with E-state index >= 15 is 0 Å². The lowest BCUT2D eigenvalue weighted by Gasteiger charge is -2.44. The smallest absolute Gasteiger partial charge is 0.161 e. The fraction of sp³-hybridized carbons (Fsp3) is 1.00. The molecule has 9 nitrogen and oxygen atoms in total. The van der Waals surface area contributed by atoms with Gasteiger partial charge in [0.05, 0.1) is 25.4 Å². The van der Waals surface area contributed by atoms with Gasteiger partial charge in [-0.2, -0.15) is 0 Å². The van der Waals surface area contributed by atoms with Crippen LogP contribution in [-0.4, -0.2) is 99.0 Å². The lowest BCUT2D eigenvalue weighted by atomic mass is 9.95. The highest BCUT2D eigenvalue weighted by Gasteiger charge is 2.46. The van der Waals surface area contributed by atoms with Gasteiger partial charge in [0.1, 0.15) is 36.6 Å². The van der Waals surface area contributed by atoms with Gasteiger partial charge in [-0.1, -0.05) is 0 Å². The summed E-state index contributed by atoms with van der Waals surface area (Å²) in [6.45, 7) is 0.622. The van der Waals surface area contributed by atoms with Crippen molar-refractivity contribution in [1.29, 1.82) is 0 Å². The van der Waals surface area contributed by atoms with Gasteiger partial charge < -0.3 is 44.8 Å². The molecule has 9 heteroatoms. The number of aliphatic hydroxyl groups is 6. The molecule has 2 rings (SSSR count). The molecule has 0 bridgehead atoms. The highest BCUT2D eigenvalue weighted by Crippen LogP contribution is 2.28. The minimum absolute atomic E-state index is 0.0787. The van der Waals surface area contributed by atoms with Gasteiger partial charge >= 0.3 is 0 Å². The van der Waals surface area contributed by atoms with Crippen molar-refractivity contribution < 1.29 is 44.8 Å². The third-order valence-electron chi connectivity index (χ3n) is 4.13. The van der Waals surface area contributed by atoms with Gasteiger partial charge in [-0.15, -0.1) is 0 Å². The number of hydrogen-bond acceptors (Lipinski definition) is 9. The topological polar surface area (TPSA) is 149 Å². The van der Waals surface area contributed by atoms with E-state index in [1.165, 1.54) is 0 Å². The van der Waals surface area contributed by atoms with Gasteiger partial charge in [0.25, 0.3) is 0 Å². The third-order valence-corrected chi connectivity index (χ3v) is 4.13. The fourth-order valence-corrected chi connectivity index (χ4v) is 2.77. The first-order valence-corrected chi connectivity index (χ1v) is 7.29. The van der Waals surface area contributed by atoms with Gasteiger partial charge in [0.2, 0.25) is 0 Å². The van der Waals surface area contributed by atoms with E-state index in [9.17, 15) is 25.5 Å². The summed E-state index contributed by atoms with van der Waals surface area (Å²) in [6.07, 6.45) is -9.62. The van der Waals surface area contributed by atoms with E-state index in [4.69, 9.17) is 19.3 Å². The average Bonchev–Trinajstić information content (AvgIpc) is 2.50. The summed E-state index contributed by atoms with van der Waals surface area (Å²) in [4.78, 5) is 0. The van der Waals surface area contributed by atoms with Gasteiger partial charge in [-0.05, 0) is 6.92 Å². The van der Waals surface area contributed by atoms with Crippen LogP contribution in [0, 0.1) is 0 Å². The second-order valence-electron chi connectivity index (χ2n) is 5.72. The summed E-state index contributed by atoms with van der Waals surface area (Å²) >= 11 is 0. The summed E-state index contributed by atoms with van der Waals surface area (Å²) < 4.78 is 16.2. The Kier molecular flexibility index (Phi) is 6.11. The zero-order chi connectivity index (χ0) is 16.4. The largest absolute Gasteiger partial charge is 0.394 e. The lowest BCUT2D eigenvalue weighted by Crippen LogP contribution is -2.60. The first-order chi connectivity index (χ1) is 10.4. The second-order valence-corrected chi connectivity index (χ2v) is 5.72. The first-order valence-electron chi connectivity index (χ1n) is 7.29. The van der Waals surface area contributed by atoms with Gasteiger partial charge in [-0.25, -0.2) is 0 Å². The Morgan fingerprint density at radius 2 is 1.55 bits per heavy atom. The Morgan fingerprint density at radius 1 is 0.909 bits per heavy atom. The molecule has 0 radical (unpaired) electrons. The van der Waals surface area contributed by atoms with Crippen LogP contribution in [-0.2, 0) is 14.2 Å². The van der Waals surface area contributed by atoms with Crippen molar-refractivity contribution in [3.63, 3.8) is 0 Å². The molecule has 7 unspecified atom stereocenters. The third kappa shape index (κ3) is 3.58. The van der Waals surface area contributed by atoms with Gasteiger partial charge in [0, 0.05) is 6.42 Å². The van der Waals surface area contributed by atoms with Gasteiger partial charge in [-0.3, -0.25) is 0 Å². The van der Waals surface area contributed by atoms with E-state index in [1.807, 2.05) is 0 Å². The first kappa shape index (κ1) is 18.0. The molecule has 2 aliphatic heterocycles. The Morgan fingerprint density at radius 3 is 2.14 bits per heavy atom. The molecule has 2 saturated heterocycles. The molecule has 2 aliphatic rings. The van der Waals surface area contributed by atoms with Crippen molar-refractivity contribution in [3.05, 3.63) is 0 Å². The molecule has 0 aromatic heterocycles. The zero-order valence-electron chi connectivity index (χ0n) is 12.2. The Labute approximate surface area is 127 Å². The van der Waals surface area contributed by atoms with E-state index < -0.39 is 68.3 Å².